The van der Waals surface area contributed by atoms with E-state index >= 15 is 0 Å². The quantitative estimate of drug-likeness (QED) is 0.768. The van der Waals surface area contributed by atoms with Crippen LogP contribution in [0.25, 0.3) is 0 Å². The van der Waals surface area contributed by atoms with Gasteiger partial charge in [-0.2, -0.15) is 13.2 Å². The van der Waals surface area contributed by atoms with E-state index in [0.29, 0.717) is 17.7 Å². The third-order valence-electron chi connectivity index (χ3n) is 3.22. The molecule has 1 aliphatic rings. The van der Waals surface area contributed by atoms with E-state index in [1.807, 2.05) is 0 Å². The molecule has 94 valence electrons. The van der Waals surface area contributed by atoms with Crippen molar-refractivity contribution < 1.29 is 18.3 Å². The molecule has 0 aromatic heterocycles. The van der Waals surface area contributed by atoms with E-state index in [9.17, 15) is 13.2 Å². The number of nitrogens with zero attached hydrogens (tertiary/aromatic N) is 1. The number of aromatic hydroxyl groups is 1. The van der Waals surface area contributed by atoms with Gasteiger partial charge in [0.05, 0.1) is 0 Å². The molecule has 2 rings (SSSR count). The predicted octanol–water partition coefficient (Wildman–Crippen LogP) is 3.09. The van der Waals surface area contributed by atoms with Gasteiger partial charge in [-0.1, -0.05) is 12.1 Å². The molecule has 5 heteroatoms. The highest BCUT2D eigenvalue weighted by Crippen LogP contribution is 2.33. The number of phenols is 1. The van der Waals surface area contributed by atoms with Crippen LogP contribution in [0.5, 0.6) is 5.75 Å². The molecule has 0 unspecified atom stereocenters. The molecule has 0 bridgehead atoms. The summed E-state index contributed by atoms with van der Waals surface area (Å²) in [6.07, 6.45) is -3.20. The Morgan fingerprint density at radius 1 is 1.06 bits per heavy atom. The molecule has 17 heavy (non-hydrogen) atoms. The number of phenolic OH excluding ortho intramolecular Hbond substituents is 1. The summed E-state index contributed by atoms with van der Waals surface area (Å²) >= 11 is 0. The Labute approximate surface area is 97.7 Å². The summed E-state index contributed by atoms with van der Waals surface area (Å²) in [4.78, 5) is 0.559. The largest absolute Gasteiger partial charge is 0.508 e. The van der Waals surface area contributed by atoms with Crippen molar-refractivity contribution in [1.29, 1.82) is 0 Å². The molecular formula is C12H14F3NO. The van der Waals surface area contributed by atoms with Crippen LogP contribution in [0.1, 0.15) is 24.3 Å². The van der Waals surface area contributed by atoms with Crippen molar-refractivity contribution in [2.45, 2.75) is 25.1 Å². The van der Waals surface area contributed by atoms with Crippen LogP contribution in [-0.4, -0.2) is 29.4 Å². The first kappa shape index (κ1) is 12.2. The van der Waals surface area contributed by atoms with Gasteiger partial charge in [0.1, 0.15) is 5.75 Å². The summed E-state index contributed by atoms with van der Waals surface area (Å²) < 4.78 is 37.2. The Bertz CT molecular complexity index is 366. The van der Waals surface area contributed by atoms with Gasteiger partial charge in [-0.15, -0.1) is 0 Å². The fraction of sp³-hybridized carbons (Fsp3) is 0.500. The van der Waals surface area contributed by atoms with Crippen molar-refractivity contribution in [2.75, 3.05) is 13.1 Å². The molecule has 0 radical (unpaired) electrons. The summed E-state index contributed by atoms with van der Waals surface area (Å²) in [6.45, 7) is 0.101. The maximum Gasteiger partial charge on any atom is 0.459 e. The molecule has 1 aliphatic heterocycles. The molecule has 1 saturated heterocycles. The summed E-state index contributed by atoms with van der Waals surface area (Å²) in [7, 11) is 0. The first-order valence-corrected chi connectivity index (χ1v) is 5.57. The number of hydrogen-bond donors (Lipinski definition) is 1. The highest BCUT2D eigenvalue weighted by Gasteiger charge is 2.39. The second-order valence-electron chi connectivity index (χ2n) is 4.32. The van der Waals surface area contributed by atoms with E-state index in [1.165, 1.54) is 0 Å². The second kappa shape index (κ2) is 4.56. The number of halogens is 3. The van der Waals surface area contributed by atoms with Crippen molar-refractivity contribution in [3.63, 3.8) is 0 Å². The smallest absolute Gasteiger partial charge is 0.459 e. The highest BCUT2D eigenvalue weighted by atomic mass is 19.4. The molecule has 0 aliphatic carbocycles. The second-order valence-corrected chi connectivity index (χ2v) is 4.32. The number of alkyl halides is 3. The zero-order valence-electron chi connectivity index (χ0n) is 9.24. The lowest BCUT2D eigenvalue weighted by Gasteiger charge is -2.33. The van der Waals surface area contributed by atoms with Crippen LogP contribution >= 0.6 is 0 Å². The van der Waals surface area contributed by atoms with E-state index in [4.69, 9.17) is 5.11 Å². The monoisotopic (exact) mass is 245 g/mol. The number of benzene rings is 1. The van der Waals surface area contributed by atoms with Gasteiger partial charge in [-0.05, 0) is 36.5 Å². The lowest BCUT2D eigenvalue weighted by molar-refractivity contribution is -0.250. The average Bonchev–Trinajstić information content (AvgIpc) is 2.29. The van der Waals surface area contributed by atoms with E-state index < -0.39 is 6.30 Å². The summed E-state index contributed by atoms with van der Waals surface area (Å²) in [6, 6.07) is 6.71. The van der Waals surface area contributed by atoms with Gasteiger partial charge < -0.3 is 5.11 Å². The number of piperidine rings is 1. The van der Waals surface area contributed by atoms with Crippen molar-refractivity contribution in [1.82, 2.24) is 4.90 Å². The van der Waals surface area contributed by atoms with Crippen LogP contribution in [0, 0.1) is 0 Å². The van der Waals surface area contributed by atoms with Gasteiger partial charge in [-0.3, -0.25) is 0 Å². The fourth-order valence-electron chi connectivity index (χ4n) is 2.21. The first-order chi connectivity index (χ1) is 7.97. The van der Waals surface area contributed by atoms with Crippen LogP contribution in [0.4, 0.5) is 13.2 Å². The Hall–Kier alpha value is -1.23. The maximum atomic E-state index is 12.4. The number of likely N-dealkylation sites (tertiary alicyclic amines) is 1. The Balaban J connectivity index is 1.97. The third kappa shape index (κ3) is 2.91. The zero-order valence-corrected chi connectivity index (χ0v) is 9.24. The van der Waals surface area contributed by atoms with Crippen LogP contribution in [0.3, 0.4) is 0 Å². The molecule has 1 aromatic rings. The molecule has 1 N–H and O–H groups in total. The molecule has 2 nitrogen and oxygen atoms in total. The van der Waals surface area contributed by atoms with Gasteiger partial charge in [0.15, 0.2) is 0 Å². The average molecular weight is 245 g/mol. The minimum absolute atomic E-state index is 0.0506. The van der Waals surface area contributed by atoms with Crippen LogP contribution < -0.4 is 0 Å². The Kier molecular flexibility index (Phi) is 3.28. The lowest BCUT2D eigenvalue weighted by Crippen LogP contribution is -2.43. The van der Waals surface area contributed by atoms with Gasteiger partial charge in [0, 0.05) is 13.1 Å². The van der Waals surface area contributed by atoms with Gasteiger partial charge in [-0.25, -0.2) is 4.90 Å². The molecule has 1 fully saturated rings. The lowest BCUT2D eigenvalue weighted by atomic mass is 9.89. The minimum atomic E-state index is -4.21. The predicted molar refractivity (Wildman–Crippen MR) is 57.7 cm³/mol. The maximum absolute atomic E-state index is 12.4. The molecule has 0 amide bonds. The van der Waals surface area contributed by atoms with Gasteiger partial charge >= 0.3 is 6.30 Å². The topological polar surface area (TPSA) is 23.5 Å². The summed E-state index contributed by atoms with van der Waals surface area (Å²) in [5.74, 6) is 0.343. The number of hydrogen-bond acceptors (Lipinski definition) is 2. The van der Waals surface area contributed by atoms with Crippen LogP contribution in [0.15, 0.2) is 24.3 Å². The molecule has 0 atom stereocenters. The van der Waals surface area contributed by atoms with Crippen LogP contribution in [0.2, 0.25) is 0 Å². The Morgan fingerprint density at radius 2 is 1.59 bits per heavy atom. The van der Waals surface area contributed by atoms with Crippen LogP contribution in [-0.2, 0) is 0 Å². The molecule has 1 heterocycles. The summed E-state index contributed by atoms with van der Waals surface area (Å²) in [5, 5.41) is 9.15. The van der Waals surface area contributed by atoms with E-state index in [-0.39, 0.29) is 24.8 Å². The SMILES string of the molecule is Oc1ccc(C2CCN(C(F)(F)F)CC2)cc1. The van der Waals surface area contributed by atoms with Gasteiger partial charge in [0.2, 0.25) is 0 Å². The van der Waals surface area contributed by atoms with Crippen molar-refractivity contribution in [3.05, 3.63) is 29.8 Å². The van der Waals surface area contributed by atoms with E-state index in [1.54, 1.807) is 24.3 Å². The Morgan fingerprint density at radius 3 is 2.06 bits per heavy atom. The zero-order chi connectivity index (χ0) is 12.5. The normalized spacial score (nSPS) is 19.5. The minimum Gasteiger partial charge on any atom is -0.508 e. The highest BCUT2D eigenvalue weighted by molar-refractivity contribution is 5.28. The fourth-order valence-corrected chi connectivity index (χ4v) is 2.21. The standard InChI is InChI=1S/C12H14F3NO/c13-12(14,15)16-7-5-10(6-8-16)9-1-3-11(17)4-2-9/h1-4,10,17H,5-8H2. The first-order valence-electron chi connectivity index (χ1n) is 5.57. The van der Waals surface area contributed by atoms with Crippen molar-refractivity contribution >= 4 is 0 Å². The summed E-state index contributed by atoms with van der Waals surface area (Å²) in [5.41, 5.74) is 1.00. The molecule has 0 spiro atoms. The molecule has 0 saturated carbocycles. The third-order valence-corrected chi connectivity index (χ3v) is 3.22. The molecular weight excluding hydrogens is 231 g/mol. The van der Waals surface area contributed by atoms with E-state index in [2.05, 4.69) is 0 Å². The van der Waals surface area contributed by atoms with Gasteiger partial charge in [0.25, 0.3) is 0 Å². The van der Waals surface area contributed by atoms with Crippen molar-refractivity contribution in [2.24, 2.45) is 0 Å². The number of rotatable bonds is 1. The molecule has 1 aromatic carbocycles. The van der Waals surface area contributed by atoms with Crippen molar-refractivity contribution in [3.8, 4) is 5.75 Å². The van der Waals surface area contributed by atoms with E-state index in [0.717, 1.165) is 5.56 Å².